The molecular formula is C40H46N10O8. The number of hydrogen-bond acceptors (Lipinski definition) is 12. The summed E-state index contributed by atoms with van der Waals surface area (Å²) >= 11 is 0. The van der Waals surface area contributed by atoms with Gasteiger partial charge in [0.2, 0.25) is 11.8 Å². The number of benzene rings is 2. The van der Waals surface area contributed by atoms with Crippen molar-refractivity contribution in [2.75, 3.05) is 54.7 Å². The van der Waals surface area contributed by atoms with E-state index in [0.29, 0.717) is 36.1 Å². The molecule has 2 aliphatic rings. The van der Waals surface area contributed by atoms with Crippen molar-refractivity contribution in [3.63, 3.8) is 0 Å². The van der Waals surface area contributed by atoms with Crippen LogP contribution in [-0.4, -0.2) is 131 Å². The van der Waals surface area contributed by atoms with Crippen LogP contribution < -0.4 is 10.6 Å². The Morgan fingerprint density at radius 2 is 1.22 bits per heavy atom. The Labute approximate surface area is 334 Å². The number of methoxy groups -OCH3 is 4. The molecule has 4 amide bonds. The molecule has 304 valence electrons. The van der Waals surface area contributed by atoms with Crippen LogP contribution in [0.25, 0.3) is 44.8 Å². The molecule has 0 saturated carbocycles. The average Bonchev–Trinajstić information content (AvgIpc) is 4.09. The highest BCUT2D eigenvalue weighted by atomic mass is 16.5. The van der Waals surface area contributed by atoms with Gasteiger partial charge in [-0.15, -0.1) is 0 Å². The minimum atomic E-state index is -0.882. The van der Waals surface area contributed by atoms with Crippen LogP contribution in [-0.2, 0) is 28.5 Å². The number of H-pyrrole nitrogens is 2. The van der Waals surface area contributed by atoms with Crippen LogP contribution in [0.15, 0.2) is 61.1 Å². The second kappa shape index (κ2) is 17.8. The third kappa shape index (κ3) is 8.47. The summed E-state index contributed by atoms with van der Waals surface area (Å²) in [6.07, 6.45) is 6.88. The SMILES string of the molecule is COC[C@H](NC(=O)OC)C(=O)N1CCC[C@H]1c1ncc(-c2ccc(-c3cnc(-c4ccc5nc([C@@H]6CCCN6C(=O)[C@H](COC)NC(=O)OC)[nH]c5c4)cn3)cc2)[nH]1. The minimum Gasteiger partial charge on any atom is -0.453 e. The van der Waals surface area contributed by atoms with E-state index >= 15 is 0 Å². The van der Waals surface area contributed by atoms with Crippen molar-refractivity contribution in [2.45, 2.75) is 49.9 Å². The largest absolute Gasteiger partial charge is 0.453 e. The number of ether oxygens (including phenoxy) is 4. The Balaban J connectivity index is 1.01. The van der Waals surface area contributed by atoms with Gasteiger partial charge in [0.15, 0.2) is 0 Å². The molecule has 5 heterocycles. The summed E-state index contributed by atoms with van der Waals surface area (Å²) in [6.45, 7) is 1.10. The molecule has 5 aromatic rings. The second-order valence-electron chi connectivity index (χ2n) is 14.1. The number of likely N-dealkylation sites (tertiary alicyclic amines) is 2. The third-order valence-corrected chi connectivity index (χ3v) is 10.5. The fourth-order valence-corrected chi connectivity index (χ4v) is 7.56. The fourth-order valence-electron chi connectivity index (χ4n) is 7.56. The molecule has 2 saturated heterocycles. The summed E-state index contributed by atoms with van der Waals surface area (Å²) in [5, 5.41) is 5.13. The van der Waals surface area contributed by atoms with Crippen LogP contribution in [0.5, 0.6) is 0 Å². The highest BCUT2D eigenvalue weighted by Crippen LogP contribution is 2.34. The van der Waals surface area contributed by atoms with Gasteiger partial charge in [-0.3, -0.25) is 19.6 Å². The lowest BCUT2D eigenvalue weighted by molar-refractivity contribution is -0.136. The molecule has 4 N–H and O–H groups in total. The monoisotopic (exact) mass is 794 g/mol. The van der Waals surface area contributed by atoms with Crippen molar-refractivity contribution in [1.82, 2.24) is 50.3 Å². The topological polar surface area (TPSA) is 219 Å². The highest BCUT2D eigenvalue weighted by molar-refractivity contribution is 5.87. The van der Waals surface area contributed by atoms with Crippen LogP contribution in [0.2, 0.25) is 0 Å². The van der Waals surface area contributed by atoms with Crippen LogP contribution in [0, 0.1) is 0 Å². The van der Waals surface area contributed by atoms with Gasteiger partial charge in [0.05, 0.1) is 86.2 Å². The van der Waals surface area contributed by atoms with Gasteiger partial charge in [-0.05, 0) is 43.4 Å². The molecular weight excluding hydrogens is 749 g/mol. The Kier molecular flexibility index (Phi) is 12.2. The number of nitrogens with zero attached hydrogens (tertiary/aromatic N) is 6. The van der Waals surface area contributed by atoms with Gasteiger partial charge in [-0.25, -0.2) is 19.6 Å². The van der Waals surface area contributed by atoms with E-state index in [1.165, 1.54) is 28.4 Å². The van der Waals surface area contributed by atoms with E-state index < -0.39 is 24.3 Å². The van der Waals surface area contributed by atoms with Crippen molar-refractivity contribution < 1.29 is 38.1 Å². The molecule has 0 radical (unpaired) electrons. The van der Waals surface area contributed by atoms with E-state index in [9.17, 15) is 19.2 Å². The Hall–Kier alpha value is -6.40. The maximum Gasteiger partial charge on any atom is 0.407 e. The Bertz CT molecular complexity index is 2240. The number of carbonyl (C=O) groups is 4. The number of rotatable bonds is 13. The first kappa shape index (κ1) is 39.8. The number of nitrogens with one attached hydrogen (secondary N) is 4. The zero-order chi connectivity index (χ0) is 40.8. The molecule has 58 heavy (non-hydrogen) atoms. The number of amides is 4. The standard InChI is InChI=1S/C40H46N10O8/c1-55-21-31(47-39(53)57-3)37(51)49-15-5-7-33(49)35-43-20-30(46-35)24-11-9-23(10-12-24)28-18-42-29(19-41-28)25-13-14-26-27(17-25)45-36(44-26)34-8-6-16-50(34)38(52)32(22-56-2)48-40(54)58-4/h9-14,17-20,31-34H,5-8,15-16,21-22H2,1-4H3,(H,43,46)(H,44,45)(H,47,53)(H,48,54)/t31-,32-,33-,34-/m0/s1. The van der Waals surface area contributed by atoms with Gasteiger partial charge < -0.3 is 49.3 Å². The fraction of sp³-hybridized carbons (Fsp3) is 0.400. The van der Waals surface area contributed by atoms with E-state index in [1.54, 1.807) is 28.4 Å². The first-order valence-corrected chi connectivity index (χ1v) is 19.0. The summed E-state index contributed by atoms with van der Waals surface area (Å²) in [7, 11) is 5.44. The summed E-state index contributed by atoms with van der Waals surface area (Å²) in [5.41, 5.74) is 6.40. The number of alkyl carbamates (subject to hydrolysis) is 2. The molecule has 3 aromatic heterocycles. The summed E-state index contributed by atoms with van der Waals surface area (Å²) in [4.78, 5) is 79.7. The lowest BCUT2D eigenvalue weighted by atomic mass is 10.1. The van der Waals surface area contributed by atoms with E-state index in [1.807, 2.05) is 42.5 Å². The van der Waals surface area contributed by atoms with E-state index in [2.05, 4.69) is 25.6 Å². The van der Waals surface area contributed by atoms with Gasteiger partial charge in [0.25, 0.3) is 0 Å². The number of fused-ring (bicyclic) bond motifs is 1. The quantitative estimate of drug-likeness (QED) is 0.132. The van der Waals surface area contributed by atoms with Gasteiger partial charge in [-0.2, -0.15) is 0 Å². The van der Waals surface area contributed by atoms with Crippen molar-refractivity contribution in [2.24, 2.45) is 0 Å². The van der Waals surface area contributed by atoms with E-state index in [0.717, 1.165) is 59.1 Å². The lowest BCUT2D eigenvalue weighted by Gasteiger charge is -2.27. The van der Waals surface area contributed by atoms with Crippen LogP contribution >= 0.6 is 0 Å². The molecule has 0 bridgehead atoms. The molecule has 2 aliphatic heterocycles. The molecule has 18 nitrogen and oxygen atoms in total. The van der Waals surface area contributed by atoms with Crippen molar-refractivity contribution in [1.29, 1.82) is 0 Å². The number of hydrogen-bond donors (Lipinski definition) is 4. The molecule has 0 spiro atoms. The second-order valence-corrected chi connectivity index (χ2v) is 14.1. The minimum absolute atomic E-state index is 0.0147. The predicted molar refractivity (Wildman–Crippen MR) is 210 cm³/mol. The average molecular weight is 795 g/mol. The summed E-state index contributed by atoms with van der Waals surface area (Å²) in [5.74, 6) is 0.815. The molecule has 7 rings (SSSR count). The maximum absolute atomic E-state index is 13.5. The van der Waals surface area contributed by atoms with Gasteiger partial charge >= 0.3 is 12.2 Å². The van der Waals surface area contributed by atoms with Crippen LogP contribution in [0.3, 0.4) is 0 Å². The van der Waals surface area contributed by atoms with Crippen molar-refractivity contribution in [3.05, 3.63) is 72.7 Å². The lowest BCUT2D eigenvalue weighted by Crippen LogP contribution is -2.50. The third-order valence-electron chi connectivity index (χ3n) is 10.5. The number of aromatic amines is 2. The first-order valence-electron chi connectivity index (χ1n) is 19.0. The summed E-state index contributed by atoms with van der Waals surface area (Å²) < 4.78 is 19.8. The highest BCUT2D eigenvalue weighted by Gasteiger charge is 2.38. The number of imidazole rings is 2. The summed E-state index contributed by atoms with van der Waals surface area (Å²) in [6, 6.07) is 11.4. The number of carbonyl (C=O) groups excluding carboxylic acids is 4. The van der Waals surface area contributed by atoms with Crippen LogP contribution in [0.1, 0.15) is 49.4 Å². The van der Waals surface area contributed by atoms with E-state index in [-0.39, 0.29) is 37.1 Å². The van der Waals surface area contributed by atoms with Gasteiger partial charge in [0.1, 0.15) is 23.7 Å². The van der Waals surface area contributed by atoms with Crippen molar-refractivity contribution in [3.8, 4) is 33.8 Å². The molecule has 2 fully saturated rings. The zero-order valence-corrected chi connectivity index (χ0v) is 32.7. The molecule has 2 aromatic carbocycles. The normalized spacial score (nSPS) is 17.6. The zero-order valence-electron chi connectivity index (χ0n) is 32.7. The molecule has 0 aliphatic carbocycles. The first-order chi connectivity index (χ1) is 28.2. The number of aromatic nitrogens is 6. The molecule has 4 atom stereocenters. The van der Waals surface area contributed by atoms with Gasteiger partial charge in [0, 0.05) is 38.4 Å². The van der Waals surface area contributed by atoms with Gasteiger partial charge in [-0.1, -0.05) is 30.3 Å². The smallest absolute Gasteiger partial charge is 0.407 e. The Morgan fingerprint density at radius 1 is 0.690 bits per heavy atom. The maximum atomic E-state index is 13.5. The van der Waals surface area contributed by atoms with E-state index in [4.69, 9.17) is 33.9 Å². The molecule has 18 heteroatoms. The van der Waals surface area contributed by atoms with Crippen LogP contribution in [0.4, 0.5) is 9.59 Å². The predicted octanol–water partition coefficient (Wildman–Crippen LogP) is 4.15. The Morgan fingerprint density at radius 3 is 1.78 bits per heavy atom. The molecule has 0 unspecified atom stereocenters. The van der Waals surface area contributed by atoms with Crippen molar-refractivity contribution >= 4 is 35.0 Å².